The summed E-state index contributed by atoms with van der Waals surface area (Å²) in [5, 5.41) is 13.8. The van der Waals surface area contributed by atoms with Crippen LogP contribution >= 0.6 is 0 Å². The SMILES string of the molecule is C#CCNc1c([N+](=O)[O-])cc(C(=O)OC)cc1S(=O)(=O)/N=C/N(C)C. The average molecular weight is 368 g/mol. The maximum Gasteiger partial charge on any atom is 0.338 e. The van der Waals surface area contributed by atoms with Gasteiger partial charge in [-0.15, -0.1) is 10.8 Å². The molecule has 1 aromatic carbocycles. The Morgan fingerprint density at radius 2 is 2.16 bits per heavy atom. The molecular weight excluding hydrogens is 352 g/mol. The lowest BCUT2D eigenvalue weighted by molar-refractivity contribution is -0.384. The van der Waals surface area contributed by atoms with Gasteiger partial charge >= 0.3 is 5.97 Å². The molecule has 0 aliphatic carbocycles. The summed E-state index contributed by atoms with van der Waals surface area (Å²) in [5.74, 6) is 1.26. The van der Waals surface area contributed by atoms with Crippen molar-refractivity contribution < 1.29 is 22.9 Å². The fourth-order valence-corrected chi connectivity index (χ4v) is 2.85. The molecule has 0 spiro atoms. The number of ether oxygens (including phenoxy) is 1. The van der Waals surface area contributed by atoms with Crippen LogP contribution in [0.2, 0.25) is 0 Å². The van der Waals surface area contributed by atoms with Crippen molar-refractivity contribution in [3.8, 4) is 12.3 Å². The quantitative estimate of drug-likeness (QED) is 0.186. The zero-order valence-corrected chi connectivity index (χ0v) is 14.5. The van der Waals surface area contributed by atoms with Gasteiger partial charge in [0.25, 0.3) is 15.7 Å². The van der Waals surface area contributed by atoms with Crippen molar-refractivity contribution in [3.05, 3.63) is 27.8 Å². The lowest BCUT2D eigenvalue weighted by atomic mass is 10.1. The van der Waals surface area contributed by atoms with Gasteiger partial charge in [0.2, 0.25) is 0 Å². The summed E-state index contributed by atoms with van der Waals surface area (Å²) >= 11 is 0. The van der Waals surface area contributed by atoms with Gasteiger partial charge in [-0.05, 0) is 6.07 Å². The topological polar surface area (TPSA) is 131 Å². The highest BCUT2D eigenvalue weighted by atomic mass is 32.2. The molecule has 0 aliphatic rings. The lowest BCUT2D eigenvalue weighted by Crippen LogP contribution is -2.14. The van der Waals surface area contributed by atoms with E-state index in [1.807, 2.05) is 0 Å². The molecule has 0 heterocycles. The first kappa shape index (κ1) is 19.9. The van der Waals surface area contributed by atoms with E-state index in [4.69, 9.17) is 6.42 Å². The highest BCUT2D eigenvalue weighted by molar-refractivity contribution is 7.90. The number of rotatable bonds is 7. The van der Waals surface area contributed by atoms with Gasteiger partial charge < -0.3 is 15.0 Å². The highest BCUT2D eigenvalue weighted by Gasteiger charge is 2.29. The third kappa shape index (κ3) is 4.92. The first-order valence-electron chi connectivity index (χ1n) is 6.69. The third-order valence-corrected chi connectivity index (χ3v) is 4.01. The number of carbonyl (C=O) groups is 1. The summed E-state index contributed by atoms with van der Waals surface area (Å²) in [7, 11) is -0.195. The summed E-state index contributed by atoms with van der Waals surface area (Å²) in [6.07, 6.45) is 6.13. The Hall–Kier alpha value is -3.13. The van der Waals surface area contributed by atoms with Crippen molar-refractivity contribution in [1.29, 1.82) is 0 Å². The molecule has 0 atom stereocenters. The molecule has 10 nitrogen and oxygen atoms in total. The molecule has 1 N–H and O–H groups in total. The fraction of sp³-hybridized carbons (Fsp3) is 0.286. The van der Waals surface area contributed by atoms with Gasteiger partial charge in [0.15, 0.2) is 0 Å². The molecule has 0 saturated heterocycles. The fourth-order valence-electron chi connectivity index (χ4n) is 1.71. The molecule has 1 rings (SSSR count). The van der Waals surface area contributed by atoms with Crippen molar-refractivity contribution in [2.75, 3.05) is 33.1 Å². The minimum atomic E-state index is -4.35. The van der Waals surface area contributed by atoms with E-state index in [2.05, 4.69) is 20.4 Å². The third-order valence-electron chi connectivity index (χ3n) is 2.76. The summed E-state index contributed by atoms with van der Waals surface area (Å²) in [4.78, 5) is 23.0. The van der Waals surface area contributed by atoms with Gasteiger partial charge in [0.05, 0.1) is 24.1 Å². The van der Waals surface area contributed by atoms with Crippen LogP contribution in [0.15, 0.2) is 21.4 Å². The molecule has 0 unspecified atom stereocenters. The Kier molecular flexibility index (Phi) is 6.46. The Balaban J connectivity index is 3.76. The number of hydrogen-bond acceptors (Lipinski definition) is 7. The monoisotopic (exact) mass is 368 g/mol. The van der Waals surface area contributed by atoms with Crippen LogP contribution in [0.5, 0.6) is 0 Å². The number of esters is 1. The number of hydrogen-bond donors (Lipinski definition) is 1. The minimum absolute atomic E-state index is 0.168. The molecule has 0 aliphatic heterocycles. The van der Waals surface area contributed by atoms with Crippen molar-refractivity contribution >= 4 is 33.7 Å². The summed E-state index contributed by atoms with van der Waals surface area (Å²) < 4.78 is 32.9. The first-order chi connectivity index (χ1) is 11.6. The maximum absolute atomic E-state index is 12.5. The Morgan fingerprint density at radius 3 is 2.64 bits per heavy atom. The summed E-state index contributed by atoms with van der Waals surface area (Å²) in [5.41, 5.74) is -1.30. The van der Waals surface area contributed by atoms with Crippen LogP contribution in [0.3, 0.4) is 0 Å². The second kappa shape index (κ2) is 8.11. The van der Waals surface area contributed by atoms with E-state index in [9.17, 15) is 23.3 Å². The van der Waals surface area contributed by atoms with Gasteiger partial charge in [0, 0.05) is 20.2 Å². The molecule has 134 valence electrons. The number of methoxy groups -OCH3 is 1. The normalized spacial score (nSPS) is 11.0. The van der Waals surface area contributed by atoms with Gasteiger partial charge in [-0.1, -0.05) is 5.92 Å². The predicted octanol–water partition coefficient (Wildman–Crippen LogP) is 0.705. The molecule has 0 radical (unpaired) electrons. The minimum Gasteiger partial charge on any atom is -0.465 e. The second-order valence-electron chi connectivity index (χ2n) is 4.83. The van der Waals surface area contributed by atoms with E-state index < -0.39 is 31.5 Å². The molecular formula is C14H16N4O6S. The molecule has 25 heavy (non-hydrogen) atoms. The van der Waals surface area contributed by atoms with Crippen LogP contribution < -0.4 is 5.32 Å². The molecule has 0 amide bonds. The van der Waals surface area contributed by atoms with Crippen molar-refractivity contribution in [1.82, 2.24) is 4.90 Å². The number of anilines is 1. The highest BCUT2D eigenvalue weighted by Crippen LogP contribution is 2.34. The molecule has 0 saturated carbocycles. The van der Waals surface area contributed by atoms with Crippen LogP contribution in [0.25, 0.3) is 0 Å². The van der Waals surface area contributed by atoms with Gasteiger partial charge in [-0.3, -0.25) is 10.1 Å². The van der Waals surface area contributed by atoms with Crippen LogP contribution in [0.4, 0.5) is 11.4 Å². The number of nitro benzene ring substituents is 1. The molecule has 0 fully saturated rings. The summed E-state index contributed by atoms with van der Waals surface area (Å²) in [6, 6.07) is 1.85. The largest absolute Gasteiger partial charge is 0.465 e. The van der Waals surface area contributed by atoms with E-state index in [1.165, 1.54) is 4.90 Å². The molecule has 11 heteroatoms. The number of terminal acetylenes is 1. The van der Waals surface area contributed by atoms with Crippen molar-refractivity contribution in [3.63, 3.8) is 0 Å². The smallest absolute Gasteiger partial charge is 0.338 e. The predicted molar refractivity (Wildman–Crippen MR) is 91.1 cm³/mol. The van der Waals surface area contributed by atoms with E-state index in [0.29, 0.717) is 0 Å². The number of nitro groups is 1. The summed E-state index contributed by atoms with van der Waals surface area (Å²) in [6.45, 7) is -0.168. The number of benzene rings is 1. The van der Waals surface area contributed by atoms with Crippen molar-refractivity contribution in [2.24, 2.45) is 4.40 Å². The van der Waals surface area contributed by atoms with Crippen LogP contribution in [-0.2, 0) is 14.8 Å². The Bertz CT molecular complexity index is 855. The van der Waals surface area contributed by atoms with Gasteiger partial charge in [0.1, 0.15) is 16.9 Å². The van der Waals surface area contributed by atoms with Crippen molar-refractivity contribution in [2.45, 2.75) is 4.90 Å². The molecule has 0 bridgehead atoms. The number of nitrogens with zero attached hydrogens (tertiary/aromatic N) is 3. The van der Waals surface area contributed by atoms with E-state index in [0.717, 1.165) is 25.6 Å². The van der Waals surface area contributed by atoms with Gasteiger partial charge in [-0.2, -0.15) is 8.42 Å². The van der Waals surface area contributed by atoms with Crippen LogP contribution in [-0.4, -0.2) is 58.3 Å². The molecule has 0 aromatic heterocycles. The van der Waals surface area contributed by atoms with Crippen LogP contribution in [0.1, 0.15) is 10.4 Å². The van der Waals surface area contributed by atoms with Crippen LogP contribution in [0, 0.1) is 22.5 Å². The average Bonchev–Trinajstić information content (AvgIpc) is 2.56. The number of carbonyl (C=O) groups excluding carboxylic acids is 1. The standard InChI is InChI=1S/C14H16N4O6S/c1-5-6-15-13-11(18(20)21)7-10(14(19)24-4)8-12(13)25(22,23)16-9-17(2)3/h1,7-9,15H,6H2,2-4H3/b16-9+. The maximum atomic E-state index is 12.5. The second-order valence-corrected chi connectivity index (χ2v) is 6.44. The lowest BCUT2D eigenvalue weighted by Gasteiger charge is -2.12. The van der Waals surface area contributed by atoms with E-state index in [-0.39, 0.29) is 17.8 Å². The Morgan fingerprint density at radius 1 is 1.52 bits per heavy atom. The molecule has 1 aromatic rings. The van der Waals surface area contributed by atoms with E-state index in [1.54, 1.807) is 14.1 Å². The Labute approximate surface area is 144 Å². The van der Waals surface area contributed by atoms with E-state index >= 15 is 0 Å². The first-order valence-corrected chi connectivity index (χ1v) is 8.13. The zero-order chi connectivity index (χ0) is 19.2. The van der Waals surface area contributed by atoms with Gasteiger partial charge in [-0.25, -0.2) is 4.79 Å². The zero-order valence-electron chi connectivity index (χ0n) is 13.7. The number of nitrogens with one attached hydrogen (secondary N) is 1. The number of sulfonamides is 1.